The smallest absolute Gasteiger partial charge is 0.340 e. The van der Waals surface area contributed by atoms with Crippen molar-refractivity contribution >= 4 is 33.5 Å². The molecular weight excluding hydrogens is 384 g/mol. The number of likely N-dealkylation sites (tertiary alicyclic amines) is 1. The molecule has 144 valence electrons. The molecule has 0 unspecified atom stereocenters. The molecule has 1 aliphatic rings. The number of amides is 1. The normalized spacial score (nSPS) is 16.0. The van der Waals surface area contributed by atoms with Crippen LogP contribution >= 0.6 is 11.6 Å². The SMILES string of the molecule is CON(C)S(=O)(=O)c1ccc(Cl)c(C(=O)O[C@@H](C)C(=O)N2CCCC2)c1. The molecule has 1 fully saturated rings. The van der Waals surface area contributed by atoms with Gasteiger partial charge in [0.15, 0.2) is 6.10 Å². The third-order valence-electron chi connectivity index (χ3n) is 4.10. The molecule has 1 atom stereocenters. The average Bonchev–Trinajstić information content (AvgIpc) is 3.14. The highest BCUT2D eigenvalue weighted by Gasteiger charge is 2.28. The van der Waals surface area contributed by atoms with Gasteiger partial charge in [0, 0.05) is 20.1 Å². The van der Waals surface area contributed by atoms with Gasteiger partial charge < -0.3 is 9.64 Å². The molecule has 0 saturated carbocycles. The van der Waals surface area contributed by atoms with Gasteiger partial charge in [0.05, 0.1) is 22.6 Å². The highest BCUT2D eigenvalue weighted by atomic mass is 35.5. The van der Waals surface area contributed by atoms with Crippen molar-refractivity contribution in [1.82, 2.24) is 9.37 Å². The summed E-state index contributed by atoms with van der Waals surface area (Å²) in [6.07, 6.45) is 0.856. The van der Waals surface area contributed by atoms with E-state index in [4.69, 9.17) is 21.2 Å². The number of benzene rings is 1. The van der Waals surface area contributed by atoms with Crippen LogP contribution in [0.5, 0.6) is 0 Å². The van der Waals surface area contributed by atoms with Crippen molar-refractivity contribution < 1.29 is 27.6 Å². The molecule has 0 aliphatic carbocycles. The highest BCUT2D eigenvalue weighted by Crippen LogP contribution is 2.24. The van der Waals surface area contributed by atoms with Crippen molar-refractivity contribution in [2.24, 2.45) is 0 Å². The zero-order valence-corrected chi connectivity index (χ0v) is 16.3. The van der Waals surface area contributed by atoms with Gasteiger partial charge in [-0.25, -0.2) is 13.2 Å². The second kappa shape index (κ2) is 8.34. The molecule has 1 heterocycles. The Morgan fingerprint density at radius 2 is 1.88 bits per heavy atom. The third kappa shape index (κ3) is 4.35. The van der Waals surface area contributed by atoms with Gasteiger partial charge in [0.2, 0.25) is 0 Å². The Labute approximate surface area is 157 Å². The van der Waals surface area contributed by atoms with Crippen LogP contribution in [0.1, 0.15) is 30.1 Å². The fourth-order valence-corrected chi connectivity index (χ4v) is 3.73. The van der Waals surface area contributed by atoms with Gasteiger partial charge in [-0.2, -0.15) is 0 Å². The van der Waals surface area contributed by atoms with E-state index >= 15 is 0 Å². The molecular formula is C16H21ClN2O6S. The Bertz CT molecular complexity index is 792. The quantitative estimate of drug-likeness (QED) is 0.529. The van der Waals surface area contributed by atoms with Crippen LogP contribution in [0.3, 0.4) is 0 Å². The molecule has 10 heteroatoms. The van der Waals surface area contributed by atoms with Gasteiger partial charge in [-0.05, 0) is 38.0 Å². The zero-order valence-electron chi connectivity index (χ0n) is 14.8. The summed E-state index contributed by atoms with van der Waals surface area (Å²) in [6, 6.07) is 3.63. The molecule has 1 amide bonds. The number of nitrogens with zero attached hydrogens (tertiary/aromatic N) is 2. The number of hydroxylamine groups is 1. The van der Waals surface area contributed by atoms with E-state index in [-0.39, 0.29) is 21.4 Å². The Kier molecular flexibility index (Phi) is 6.62. The van der Waals surface area contributed by atoms with Gasteiger partial charge in [-0.1, -0.05) is 16.1 Å². The minimum Gasteiger partial charge on any atom is -0.449 e. The highest BCUT2D eigenvalue weighted by molar-refractivity contribution is 7.89. The summed E-state index contributed by atoms with van der Waals surface area (Å²) in [7, 11) is -1.53. The summed E-state index contributed by atoms with van der Waals surface area (Å²) in [5.74, 6) is -1.15. The topological polar surface area (TPSA) is 93.2 Å². The van der Waals surface area contributed by atoms with Crippen LogP contribution in [-0.4, -0.2) is 63.0 Å². The Hall–Kier alpha value is -1.68. The lowest BCUT2D eigenvalue weighted by Crippen LogP contribution is -2.38. The standard InChI is InChI=1S/C16H21ClN2O6S/c1-11(15(20)19-8-4-5-9-19)25-16(21)13-10-12(6-7-14(13)17)26(22,23)18(2)24-3/h6-7,10-11H,4-5,8-9H2,1-3H3/t11-/m0/s1. The zero-order chi connectivity index (χ0) is 19.5. The van der Waals surface area contributed by atoms with Crippen LogP contribution in [0.2, 0.25) is 5.02 Å². The van der Waals surface area contributed by atoms with E-state index in [2.05, 4.69) is 0 Å². The summed E-state index contributed by atoms with van der Waals surface area (Å²) in [5.41, 5.74) is -0.140. The average molecular weight is 405 g/mol. The van der Waals surface area contributed by atoms with Crippen molar-refractivity contribution in [3.8, 4) is 0 Å². The molecule has 2 rings (SSSR count). The van der Waals surface area contributed by atoms with Gasteiger partial charge >= 0.3 is 5.97 Å². The lowest BCUT2D eigenvalue weighted by Gasteiger charge is -2.20. The van der Waals surface area contributed by atoms with Crippen LogP contribution in [-0.2, 0) is 24.4 Å². The first-order valence-electron chi connectivity index (χ1n) is 8.01. The van der Waals surface area contributed by atoms with E-state index in [1.54, 1.807) is 4.90 Å². The van der Waals surface area contributed by atoms with Gasteiger partial charge in [-0.15, -0.1) is 0 Å². The van der Waals surface area contributed by atoms with Crippen molar-refractivity contribution in [3.05, 3.63) is 28.8 Å². The molecule has 0 bridgehead atoms. The number of carbonyl (C=O) groups excluding carboxylic acids is 2. The van der Waals surface area contributed by atoms with Crippen LogP contribution in [0.15, 0.2) is 23.1 Å². The summed E-state index contributed by atoms with van der Waals surface area (Å²) in [5, 5.41) is 0.0230. The van der Waals surface area contributed by atoms with Crippen LogP contribution < -0.4 is 0 Å². The van der Waals surface area contributed by atoms with Crippen LogP contribution in [0.4, 0.5) is 0 Å². The van der Waals surface area contributed by atoms with E-state index in [9.17, 15) is 18.0 Å². The lowest BCUT2D eigenvalue weighted by molar-refractivity contribution is -0.138. The number of ether oxygens (including phenoxy) is 1. The minimum absolute atomic E-state index is 0.0230. The van der Waals surface area contributed by atoms with Crippen LogP contribution in [0, 0.1) is 0 Å². The fourth-order valence-electron chi connectivity index (χ4n) is 2.54. The van der Waals surface area contributed by atoms with E-state index in [0.29, 0.717) is 17.6 Å². The van der Waals surface area contributed by atoms with Crippen molar-refractivity contribution in [2.45, 2.75) is 30.8 Å². The van der Waals surface area contributed by atoms with Crippen molar-refractivity contribution in [1.29, 1.82) is 0 Å². The first kappa shape index (κ1) is 20.6. The van der Waals surface area contributed by atoms with E-state index in [0.717, 1.165) is 18.9 Å². The molecule has 1 saturated heterocycles. The number of esters is 1. The number of sulfonamides is 1. The first-order chi connectivity index (χ1) is 12.2. The molecule has 0 N–H and O–H groups in total. The van der Waals surface area contributed by atoms with Gasteiger partial charge in [-0.3, -0.25) is 9.63 Å². The predicted octanol–water partition coefficient (Wildman–Crippen LogP) is 1.69. The molecule has 0 aromatic heterocycles. The van der Waals surface area contributed by atoms with E-state index < -0.39 is 22.1 Å². The van der Waals surface area contributed by atoms with Crippen molar-refractivity contribution in [3.63, 3.8) is 0 Å². The molecule has 1 aliphatic heterocycles. The number of hydrogen-bond donors (Lipinski definition) is 0. The molecule has 0 radical (unpaired) electrons. The second-order valence-electron chi connectivity index (χ2n) is 5.82. The van der Waals surface area contributed by atoms with Crippen LogP contribution in [0.25, 0.3) is 0 Å². The summed E-state index contributed by atoms with van der Waals surface area (Å²) in [6.45, 7) is 2.75. The third-order valence-corrected chi connectivity index (χ3v) is 6.11. The predicted molar refractivity (Wildman–Crippen MR) is 94.1 cm³/mol. The first-order valence-corrected chi connectivity index (χ1v) is 9.82. The summed E-state index contributed by atoms with van der Waals surface area (Å²) >= 11 is 6.01. The fraction of sp³-hybridized carbons (Fsp3) is 0.500. The Balaban J connectivity index is 2.20. The minimum atomic E-state index is -3.95. The maximum atomic E-state index is 12.4. The summed E-state index contributed by atoms with van der Waals surface area (Å²) in [4.78, 5) is 30.8. The second-order valence-corrected chi connectivity index (χ2v) is 8.16. The number of hydrogen-bond acceptors (Lipinski definition) is 6. The summed E-state index contributed by atoms with van der Waals surface area (Å²) < 4.78 is 30.4. The number of carbonyl (C=O) groups is 2. The number of rotatable bonds is 6. The maximum absolute atomic E-state index is 12.4. The molecule has 1 aromatic rings. The number of halogens is 1. The van der Waals surface area contributed by atoms with Crippen molar-refractivity contribution in [2.75, 3.05) is 27.2 Å². The van der Waals surface area contributed by atoms with Gasteiger partial charge in [0.1, 0.15) is 0 Å². The maximum Gasteiger partial charge on any atom is 0.340 e. The largest absolute Gasteiger partial charge is 0.449 e. The monoisotopic (exact) mass is 404 g/mol. The Morgan fingerprint density at radius 1 is 1.27 bits per heavy atom. The molecule has 8 nitrogen and oxygen atoms in total. The molecule has 0 spiro atoms. The van der Waals surface area contributed by atoms with E-state index in [1.807, 2.05) is 0 Å². The Morgan fingerprint density at radius 3 is 2.46 bits per heavy atom. The molecule has 1 aromatic carbocycles. The molecule has 26 heavy (non-hydrogen) atoms. The van der Waals surface area contributed by atoms with E-state index in [1.165, 1.54) is 33.2 Å². The van der Waals surface area contributed by atoms with Gasteiger partial charge in [0.25, 0.3) is 15.9 Å². The lowest BCUT2D eigenvalue weighted by atomic mass is 10.2.